The predicted molar refractivity (Wildman–Crippen MR) is 79.8 cm³/mol. The highest BCUT2D eigenvalue weighted by Gasteiger charge is 2.26. The summed E-state index contributed by atoms with van der Waals surface area (Å²) in [6.07, 6.45) is 5.53. The molecule has 2 unspecified atom stereocenters. The van der Waals surface area contributed by atoms with Gasteiger partial charge in [-0.15, -0.1) is 0 Å². The average Bonchev–Trinajstić information content (AvgIpc) is 2.92. The Morgan fingerprint density at radius 3 is 2.74 bits per heavy atom. The van der Waals surface area contributed by atoms with E-state index in [4.69, 9.17) is 0 Å². The summed E-state index contributed by atoms with van der Waals surface area (Å²) in [5.74, 6) is 2.67. The van der Waals surface area contributed by atoms with Crippen molar-refractivity contribution in [2.45, 2.75) is 24.4 Å². The molecule has 0 amide bonds. The van der Waals surface area contributed by atoms with Crippen molar-refractivity contribution < 1.29 is 5.11 Å². The fraction of sp³-hybridized carbons (Fsp3) is 0.692. The molecule has 5 nitrogen and oxygen atoms in total. The van der Waals surface area contributed by atoms with Crippen LogP contribution in [0.15, 0.2) is 11.2 Å². The smallest absolute Gasteiger partial charge is 0.191 e. The van der Waals surface area contributed by atoms with E-state index in [-0.39, 0.29) is 0 Å². The number of thioether (sulfide) groups is 1. The SMILES string of the molecule is CNc1cc(NCC2CCCC2CO)nc(SC)n1. The van der Waals surface area contributed by atoms with Gasteiger partial charge in [-0.1, -0.05) is 18.2 Å². The Morgan fingerprint density at radius 2 is 2.05 bits per heavy atom. The van der Waals surface area contributed by atoms with Crippen molar-refractivity contribution in [2.75, 3.05) is 37.1 Å². The summed E-state index contributed by atoms with van der Waals surface area (Å²) in [7, 11) is 1.86. The number of rotatable bonds is 6. The minimum atomic E-state index is 0.300. The molecular weight excluding hydrogens is 260 g/mol. The van der Waals surface area contributed by atoms with E-state index in [1.807, 2.05) is 19.4 Å². The van der Waals surface area contributed by atoms with E-state index >= 15 is 0 Å². The van der Waals surface area contributed by atoms with Gasteiger partial charge in [0.15, 0.2) is 5.16 Å². The number of aromatic nitrogens is 2. The first-order valence-electron chi connectivity index (χ1n) is 6.72. The van der Waals surface area contributed by atoms with Gasteiger partial charge in [0.25, 0.3) is 0 Å². The lowest BCUT2D eigenvalue weighted by Gasteiger charge is -2.18. The molecule has 1 heterocycles. The summed E-state index contributed by atoms with van der Waals surface area (Å²) in [5.41, 5.74) is 0. The van der Waals surface area contributed by atoms with Crippen LogP contribution in [-0.2, 0) is 0 Å². The highest BCUT2D eigenvalue weighted by Crippen LogP contribution is 2.31. The molecule has 0 saturated heterocycles. The molecule has 3 N–H and O–H groups in total. The van der Waals surface area contributed by atoms with E-state index in [2.05, 4.69) is 20.6 Å². The number of nitrogens with one attached hydrogen (secondary N) is 2. The molecule has 1 fully saturated rings. The average molecular weight is 282 g/mol. The lowest BCUT2D eigenvalue weighted by atomic mass is 9.97. The molecule has 2 atom stereocenters. The second-order valence-electron chi connectivity index (χ2n) is 4.89. The Labute approximate surface area is 118 Å². The lowest BCUT2D eigenvalue weighted by Crippen LogP contribution is -2.21. The second-order valence-corrected chi connectivity index (χ2v) is 5.66. The number of anilines is 2. The van der Waals surface area contributed by atoms with Gasteiger partial charge in [-0.05, 0) is 30.9 Å². The number of aliphatic hydroxyl groups is 1. The van der Waals surface area contributed by atoms with Crippen LogP contribution in [0.5, 0.6) is 0 Å². The molecule has 1 aromatic rings. The fourth-order valence-electron chi connectivity index (χ4n) is 2.59. The largest absolute Gasteiger partial charge is 0.396 e. The number of hydrogen-bond acceptors (Lipinski definition) is 6. The van der Waals surface area contributed by atoms with Crippen LogP contribution in [0.3, 0.4) is 0 Å². The van der Waals surface area contributed by atoms with E-state index in [0.29, 0.717) is 18.4 Å². The third-order valence-corrected chi connectivity index (χ3v) is 4.29. The van der Waals surface area contributed by atoms with Gasteiger partial charge in [0.1, 0.15) is 11.6 Å². The highest BCUT2D eigenvalue weighted by molar-refractivity contribution is 7.98. The standard InChI is InChI=1S/C13H22N4OS/c1-14-11-6-12(17-13(16-11)19-2)15-7-9-4-3-5-10(9)8-18/h6,9-10,18H,3-5,7-8H2,1-2H3,(H2,14,15,16,17). The molecule has 0 bridgehead atoms. The normalized spacial score (nSPS) is 22.5. The molecular formula is C13H22N4OS. The molecule has 106 valence electrons. The van der Waals surface area contributed by atoms with Crippen LogP contribution < -0.4 is 10.6 Å². The summed E-state index contributed by atoms with van der Waals surface area (Å²) in [5, 5.41) is 16.5. The van der Waals surface area contributed by atoms with Gasteiger partial charge in [0.05, 0.1) is 0 Å². The Kier molecular flexibility index (Phi) is 5.27. The van der Waals surface area contributed by atoms with Crippen molar-refractivity contribution in [3.05, 3.63) is 6.07 Å². The molecule has 0 radical (unpaired) electrons. The van der Waals surface area contributed by atoms with Crippen LogP contribution in [0.25, 0.3) is 0 Å². The van der Waals surface area contributed by atoms with E-state index in [1.54, 1.807) is 0 Å². The molecule has 0 aromatic carbocycles. The lowest BCUT2D eigenvalue weighted by molar-refractivity contribution is 0.199. The van der Waals surface area contributed by atoms with Gasteiger partial charge in [0, 0.05) is 26.3 Å². The van der Waals surface area contributed by atoms with Gasteiger partial charge in [-0.3, -0.25) is 0 Å². The number of hydrogen-bond donors (Lipinski definition) is 3. The summed E-state index contributed by atoms with van der Waals surface area (Å²) in [6, 6.07) is 1.92. The molecule has 1 aliphatic carbocycles. The minimum Gasteiger partial charge on any atom is -0.396 e. The maximum atomic E-state index is 9.33. The molecule has 1 aliphatic rings. The topological polar surface area (TPSA) is 70.1 Å². The van der Waals surface area contributed by atoms with Crippen LogP contribution in [0.4, 0.5) is 11.6 Å². The summed E-state index contributed by atoms with van der Waals surface area (Å²) in [6.45, 7) is 1.17. The Hall–Kier alpha value is -1.01. The first-order chi connectivity index (χ1) is 9.26. The van der Waals surface area contributed by atoms with E-state index < -0.39 is 0 Å². The molecule has 19 heavy (non-hydrogen) atoms. The predicted octanol–water partition coefficient (Wildman–Crippen LogP) is 2.06. The maximum Gasteiger partial charge on any atom is 0.191 e. The van der Waals surface area contributed by atoms with Gasteiger partial charge in [-0.2, -0.15) is 0 Å². The van der Waals surface area contributed by atoms with Crippen LogP contribution in [0.1, 0.15) is 19.3 Å². The van der Waals surface area contributed by atoms with Crippen molar-refractivity contribution in [1.82, 2.24) is 9.97 Å². The monoisotopic (exact) mass is 282 g/mol. The number of aliphatic hydroxyl groups excluding tert-OH is 1. The third-order valence-electron chi connectivity index (χ3n) is 3.74. The van der Waals surface area contributed by atoms with Crippen molar-refractivity contribution in [3.8, 4) is 0 Å². The van der Waals surface area contributed by atoms with Crippen molar-refractivity contribution in [2.24, 2.45) is 11.8 Å². The quantitative estimate of drug-likeness (QED) is 0.548. The minimum absolute atomic E-state index is 0.300. The maximum absolute atomic E-state index is 9.33. The third kappa shape index (κ3) is 3.73. The van der Waals surface area contributed by atoms with Crippen molar-refractivity contribution in [3.63, 3.8) is 0 Å². The van der Waals surface area contributed by atoms with Gasteiger partial charge < -0.3 is 15.7 Å². The molecule has 1 aromatic heterocycles. The van der Waals surface area contributed by atoms with Crippen LogP contribution in [-0.4, -0.2) is 41.5 Å². The summed E-state index contributed by atoms with van der Waals surface area (Å²) in [4.78, 5) is 8.79. The zero-order valence-corrected chi connectivity index (χ0v) is 12.3. The van der Waals surface area contributed by atoms with Gasteiger partial charge in [0.2, 0.25) is 0 Å². The Bertz CT molecular complexity index is 393. The number of nitrogens with zero attached hydrogens (tertiary/aromatic N) is 2. The van der Waals surface area contributed by atoms with E-state index in [1.165, 1.54) is 24.6 Å². The van der Waals surface area contributed by atoms with Crippen molar-refractivity contribution >= 4 is 23.4 Å². The summed E-state index contributed by atoms with van der Waals surface area (Å²) < 4.78 is 0. The zero-order valence-electron chi connectivity index (χ0n) is 11.5. The van der Waals surface area contributed by atoms with Crippen LogP contribution in [0.2, 0.25) is 0 Å². The zero-order chi connectivity index (χ0) is 13.7. The van der Waals surface area contributed by atoms with E-state index in [9.17, 15) is 5.11 Å². The second kappa shape index (κ2) is 6.96. The highest BCUT2D eigenvalue weighted by atomic mass is 32.2. The van der Waals surface area contributed by atoms with Crippen LogP contribution in [0, 0.1) is 11.8 Å². The molecule has 2 rings (SSSR count). The van der Waals surface area contributed by atoms with E-state index in [0.717, 1.165) is 29.8 Å². The van der Waals surface area contributed by atoms with Gasteiger partial charge in [-0.25, -0.2) is 9.97 Å². The first-order valence-corrected chi connectivity index (χ1v) is 7.95. The Balaban J connectivity index is 1.98. The molecule has 6 heteroatoms. The molecule has 0 spiro atoms. The Morgan fingerprint density at radius 1 is 1.32 bits per heavy atom. The fourth-order valence-corrected chi connectivity index (χ4v) is 2.97. The van der Waals surface area contributed by atoms with Crippen LogP contribution >= 0.6 is 11.8 Å². The van der Waals surface area contributed by atoms with Gasteiger partial charge >= 0.3 is 0 Å². The molecule has 1 saturated carbocycles. The first kappa shape index (κ1) is 14.4. The molecule has 0 aliphatic heterocycles. The summed E-state index contributed by atoms with van der Waals surface area (Å²) >= 11 is 1.53. The van der Waals surface area contributed by atoms with Crippen molar-refractivity contribution in [1.29, 1.82) is 0 Å².